The molecule has 7 nitrogen and oxygen atoms in total. The van der Waals surface area contributed by atoms with Gasteiger partial charge in [-0.3, -0.25) is 14.3 Å². The first-order chi connectivity index (χ1) is 12.6. The summed E-state index contributed by atoms with van der Waals surface area (Å²) in [5.41, 5.74) is 8.50. The second-order valence-electron chi connectivity index (χ2n) is 6.25. The van der Waals surface area contributed by atoms with Crippen molar-refractivity contribution < 1.29 is 19.1 Å². The van der Waals surface area contributed by atoms with Crippen molar-refractivity contribution in [2.75, 3.05) is 12.3 Å². The largest absolute Gasteiger partial charge is 0.465 e. The number of anilines is 1. The Morgan fingerprint density at radius 3 is 2.77 bits per heavy atom. The minimum Gasteiger partial charge on any atom is -0.465 e. The minimum atomic E-state index is -0.446. The van der Waals surface area contributed by atoms with Gasteiger partial charge in [-0.1, -0.05) is 30.3 Å². The first-order valence-electron chi connectivity index (χ1n) is 8.81. The maximum absolute atomic E-state index is 12.6. The molecule has 7 heteroatoms. The second-order valence-corrected chi connectivity index (χ2v) is 6.25. The molecule has 1 atom stereocenters. The molecule has 0 radical (unpaired) electrons. The van der Waals surface area contributed by atoms with E-state index in [0.717, 1.165) is 24.1 Å². The normalized spacial score (nSPS) is 16.0. The third-order valence-corrected chi connectivity index (χ3v) is 4.47. The van der Waals surface area contributed by atoms with E-state index in [1.54, 1.807) is 11.6 Å². The van der Waals surface area contributed by atoms with E-state index in [9.17, 15) is 9.59 Å². The van der Waals surface area contributed by atoms with Crippen molar-refractivity contribution >= 4 is 17.8 Å². The smallest absolute Gasteiger partial charge is 0.327 e. The molecule has 0 saturated carbocycles. The van der Waals surface area contributed by atoms with Crippen LogP contribution in [0, 0.1) is 0 Å². The van der Waals surface area contributed by atoms with Crippen LogP contribution in [-0.4, -0.2) is 28.3 Å². The van der Waals surface area contributed by atoms with Crippen molar-refractivity contribution in [1.82, 2.24) is 9.78 Å². The molecule has 138 valence electrons. The maximum Gasteiger partial charge on any atom is 0.327 e. The topological polar surface area (TPSA) is 96.4 Å². The number of nitrogen functional groups attached to an aromatic ring is 1. The Labute approximate surface area is 152 Å². The van der Waals surface area contributed by atoms with Gasteiger partial charge in [-0.25, -0.2) is 0 Å². The SMILES string of the molecule is CCOC(=O)Cn1nc(N)c2c1CCCC2C(=O)OCc1ccccc1. The van der Waals surface area contributed by atoms with Gasteiger partial charge in [0, 0.05) is 11.3 Å². The van der Waals surface area contributed by atoms with Crippen LogP contribution in [-0.2, 0) is 38.6 Å². The van der Waals surface area contributed by atoms with Gasteiger partial charge in [0.05, 0.1) is 12.5 Å². The lowest BCUT2D eigenvalue weighted by atomic mass is 9.86. The molecule has 2 aromatic rings. The van der Waals surface area contributed by atoms with Gasteiger partial charge in [0.25, 0.3) is 0 Å². The lowest BCUT2D eigenvalue weighted by Gasteiger charge is -2.22. The Hall–Kier alpha value is -2.83. The van der Waals surface area contributed by atoms with E-state index in [0.29, 0.717) is 18.6 Å². The summed E-state index contributed by atoms with van der Waals surface area (Å²) in [6, 6.07) is 9.53. The molecule has 2 N–H and O–H groups in total. The quantitative estimate of drug-likeness (QED) is 0.796. The molecule has 1 heterocycles. The van der Waals surface area contributed by atoms with Gasteiger partial charge in [0.1, 0.15) is 19.0 Å². The van der Waals surface area contributed by atoms with Gasteiger partial charge >= 0.3 is 11.9 Å². The molecule has 0 aliphatic heterocycles. The number of nitrogens with two attached hydrogens (primary N) is 1. The highest BCUT2D eigenvalue weighted by atomic mass is 16.5. The number of aromatic nitrogens is 2. The van der Waals surface area contributed by atoms with Crippen molar-refractivity contribution in [1.29, 1.82) is 0 Å². The third-order valence-electron chi connectivity index (χ3n) is 4.47. The predicted molar refractivity (Wildman–Crippen MR) is 95.2 cm³/mol. The lowest BCUT2D eigenvalue weighted by molar-refractivity contribution is -0.147. The van der Waals surface area contributed by atoms with Crippen molar-refractivity contribution in [2.24, 2.45) is 0 Å². The van der Waals surface area contributed by atoms with E-state index in [1.807, 2.05) is 30.3 Å². The van der Waals surface area contributed by atoms with Crippen molar-refractivity contribution in [3.8, 4) is 0 Å². The number of benzene rings is 1. The summed E-state index contributed by atoms with van der Waals surface area (Å²) in [7, 11) is 0. The zero-order valence-electron chi connectivity index (χ0n) is 14.8. The van der Waals surface area contributed by atoms with Crippen LogP contribution in [0.5, 0.6) is 0 Å². The molecule has 1 aliphatic rings. The average molecular weight is 357 g/mol. The van der Waals surface area contributed by atoms with Crippen molar-refractivity contribution in [2.45, 2.75) is 45.3 Å². The number of carbonyl (C=O) groups excluding carboxylic acids is 2. The summed E-state index contributed by atoms with van der Waals surface area (Å²) in [6.07, 6.45) is 2.20. The fraction of sp³-hybridized carbons (Fsp3) is 0.421. The Balaban J connectivity index is 1.74. The highest BCUT2D eigenvalue weighted by molar-refractivity contribution is 5.81. The van der Waals surface area contributed by atoms with Gasteiger partial charge < -0.3 is 15.2 Å². The molecule has 26 heavy (non-hydrogen) atoms. The molecule has 1 aromatic carbocycles. The van der Waals surface area contributed by atoms with Crippen LogP contribution in [0.4, 0.5) is 5.82 Å². The molecule has 3 rings (SSSR count). The van der Waals surface area contributed by atoms with Crippen LogP contribution in [0.1, 0.15) is 42.5 Å². The maximum atomic E-state index is 12.6. The third kappa shape index (κ3) is 3.87. The summed E-state index contributed by atoms with van der Waals surface area (Å²) in [4.78, 5) is 24.4. The fourth-order valence-corrected chi connectivity index (χ4v) is 3.32. The molecule has 1 unspecified atom stereocenters. The Morgan fingerprint density at radius 1 is 1.27 bits per heavy atom. The Morgan fingerprint density at radius 2 is 2.04 bits per heavy atom. The number of esters is 2. The zero-order valence-corrected chi connectivity index (χ0v) is 14.8. The highest BCUT2D eigenvalue weighted by Crippen LogP contribution is 2.36. The van der Waals surface area contributed by atoms with Crippen LogP contribution >= 0.6 is 0 Å². The Kier molecular flexibility index (Phi) is 5.55. The minimum absolute atomic E-state index is 0.000837. The van der Waals surface area contributed by atoms with Gasteiger partial charge in [-0.15, -0.1) is 0 Å². The lowest BCUT2D eigenvalue weighted by Crippen LogP contribution is -2.23. The number of ether oxygens (including phenoxy) is 2. The van der Waals surface area contributed by atoms with Crippen LogP contribution < -0.4 is 5.73 Å². The molecule has 1 aromatic heterocycles. The van der Waals surface area contributed by atoms with Gasteiger partial charge in [-0.05, 0) is 31.7 Å². The highest BCUT2D eigenvalue weighted by Gasteiger charge is 2.34. The first kappa shape index (κ1) is 18.0. The van der Waals surface area contributed by atoms with E-state index in [-0.39, 0.29) is 30.9 Å². The molecule has 0 amide bonds. The van der Waals surface area contributed by atoms with Gasteiger partial charge in [0.2, 0.25) is 0 Å². The zero-order chi connectivity index (χ0) is 18.5. The van der Waals surface area contributed by atoms with E-state index in [1.165, 1.54) is 0 Å². The summed E-state index contributed by atoms with van der Waals surface area (Å²) in [5.74, 6) is -0.840. The van der Waals surface area contributed by atoms with Crippen molar-refractivity contribution in [3.05, 3.63) is 47.2 Å². The number of nitrogens with zero attached hydrogens (tertiary/aromatic N) is 2. The number of fused-ring (bicyclic) bond motifs is 1. The van der Waals surface area contributed by atoms with E-state index < -0.39 is 5.92 Å². The summed E-state index contributed by atoms with van der Waals surface area (Å²) < 4.78 is 12.0. The van der Waals surface area contributed by atoms with E-state index >= 15 is 0 Å². The monoisotopic (exact) mass is 357 g/mol. The number of hydrogen-bond donors (Lipinski definition) is 1. The van der Waals surface area contributed by atoms with Crippen LogP contribution in [0.25, 0.3) is 0 Å². The van der Waals surface area contributed by atoms with E-state index in [4.69, 9.17) is 15.2 Å². The molecule has 0 bridgehead atoms. The molecule has 1 aliphatic carbocycles. The summed E-state index contributed by atoms with van der Waals surface area (Å²) >= 11 is 0. The molecule has 0 fully saturated rings. The van der Waals surface area contributed by atoms with Crippen LogP contribution in [0.2, 0.25) is 0 Å². The number of carbonyl (C=O) groups is 2. The number of hydrogen-bond acceptors (Lipinski definition) is 6. The average Bonchev–Trinajstić information content (AvgIpc) is 2.96. The summed E-state index contributed by atoms with van der Waals surface area (Å²) in [6.45, 7) is 2.29. The molecule has 0 saturated heterocycles. The molecule has 0 spiro atoms. The van der Waals surface area contributed by atoms with Crippen LogP contribution in [0.3, 0.4) is 0 Å². The molecular weight excluding hydrogens is 334 g/mol. The van der Waals surface area contributed by atoms with E-state index in [2.05, 4.69) is 5.10 Å². The number of rotatable bonds is 6. The molecular formula is C19H23N3O4. The van der Waals surface area contributed by atoms with Crippen LogP contribution in [0.15, 0.2) is 30.3 Å². The first-order valence-corrected chi connectivity index (χ1v) is 8.81. The predicted octanol–water partition coefficient (Wildman–Crippen LogP) is 2.19. The van der Waals surface area contributed by atoms with Gasteiger partial charge in [-0.2, -0.15) is 5.10 Å². The Bertz CT molecular complexity index is 786. The summed E-state index contributed by atoms with van der Waals surface area (Å²) in [5, 5.41) is 4.25. The fourth-order valence-electron chi connectivity index (χ4n) is 3.32. The van der Waals surface area contributed by atoms with Gasteiger partial charge in [0.15, 0.2) is 0 Å². The van der Waals surface area contributed by atoms with Crippen molar-refractivity contribution in [3.63, 3.8) is 0 Å². The second kappa shape index (κ2) is 8.03. The standard InChI is InChI=1S/C19H23N3O4/c1-2-25-16(23)11-22-15-10-6-9-14(17(15)18(20)21-22)19(24)26-12-13-7-4-3-5-8-13/h3-5,7-8,14H,2,6,9-12H2,1H3,(H2,20,21).